The van der Waals surface area contributed by atoms with Gasteiger partial charge < -0.3 is 10.5 Å². The van der Waals surface area contributed by atoms with Gasteiger partial charge in [-0.2, -0.15) is 11.8 Å². The number of rotatable bonds is 4. The number of thioether (sulfide) groups is 1. The van der Waals surface area contributed by atoms with Crippen molar-refractivity contribution in [3.8, 4) is 5.75 Å². The molecule has 18 heavy (non-hydrogen) atoms. The molecule has 1 saturated heterocycles. The van der Waals surface area contributed by atoms with E-state index in [0.717, 1.165) is 22.3 Å². The van der Waals surface area contributed by atoms with Gasteiger partial charge in [0.1, 0.15) is 11.9 Å². The third-order valence-corrected chi connectivity index (χ3v) is 5.58. The summed E-state index contributed by atoms with van der Waals surface area (Å²) in [5.41, 5.74) is 7.51. The molecule has 1 heterocycles. The second-order valence-electron chi connectivity index (χ2n) is 5.37. The Balaban J connectivity index is 1.80. The van der Waals surface area contributed by atoms with Gasteiger partial charge in [0.25, 0.3) is 0 Å². The molecule has 1 unspecified atom stereocenters. The summed E-state index contributed by atoms with van der Waals surface area (Å²) in [6.45, 7) is 2.08. The smallest absolute Gasteiger partial charge is 0.138 e. The van der Waals surface area contributed by atoms with Gasteiger partial charge in [0, 0.05) is 23.0 Å². The Labute approximate surface area is 117 Å². The summed E-state index contributed by atoms with van der Waals surface area (Å²) in [5.74, 6) is 2.95. The predicted molar refractivity (Wildman–Crippen MR) is 77.8 cm³/mol. The van der Waals surface area contributed by atoms with E-state index in [4.69, 9.17) is 22.1 Å². The van der Waals surface area contributed by atoms with Gasteiger partial charge in [-0.3, -0.25) is 0 Å². The van der Waals surface area contributed by atoms with E-state index in [1.165, 1.54) is 18.4 Å². The Morgan fingerprint density at radius 1 is 1.44 bits per heavy atom. The lowest BCUT2D eigenvalue weighted by molar-refractivity contribution is 0.240. The average molecular weight is 284 g/mol. The Hall–Kier alpha value is -0.380. The molecule has 0 radical (unpaired) electrons. The minimum absolute atomic E-state index is 0.161. The highest BCUT2D eigenvalue weighted by atomic mass is 35.5. The van der Waals surface area contributed by atoms with Gasteiger partial charge in [0.15, 0.2) is 0 Å². The van der Waals surface area contributed by atoms with E-state index in [0.29, 0.717) is 6.10 Å². The zero-order valence-corrected chi connectivity index (χ0v) is 12.1. The van der Waals surface area contributed by atoms with Crippen LogP contribution in [0.4, 0.5) is 0 Å². The summed E-state index contributed by atoms with van der Waals surface area (Å²) in [6, 6.07) is 6.36. The highest BCUT2D eigenvalue weighted by Gasteiger charge is 2.47. The minimum atomic E-state index is 0.161. The molecule has 0 aromatic heterocycles. The zero-order valence-electron chi connectivity index (χ0n) is 10.5. The molecule has 1 aromatic rings. The SMILES string of the molecule is CC(N)C1(c2ccc(OC3CSC3)c(Cl)c2)CC1. The number of hydrogen-bond donors (Lipinski definition) is 1. The van der Waals surface area contributed by atoms with Crippen LogP contribution in [-0.4, -0.2) is 23.7 Å². The second-order valence-corrected chi connectivity index (χ2v) is 6.85. The molecule has 98 valence electrons. The molecule has 2 nitrogen and oxygen atoms in total. The van der Waals surface area contributed by atoms with E-state index in [2.05, 4.69) is 13.0 Å². The fraction of sp³-hybridized carbons (Fsp3) is 0.571. The number of benzene rings is 1. The second kappa shape index (κ2) is 4.62. The van der Waals surface area contributed by atoms with E-state index < -0.39 is 0 Å². The van der Waals surface area contributed by atoms with Crippen molar-refractivity contribution in [1.29, 1.82) is 0 Å². The maximum atomic E-state index is 6.32. The molecule has 0 bridgehead atoms. The maximum absolute atomic E-state index is 6.32. The average Bonchev–Trinajstić information content (AvgIpc) is 3.06. The van der Waals surface area contributed by atoms with Gasteiger partial charge >= 0.3 is 0 Å². The monoisotopic (exact) mass is 283 g/mol. The van der Waals surface area contributed by atoms with Crippen LogP contribution >= 0.6 is 23.4 Å². The summed E-state index contributed by atoms with van der Waals surface area (Å²) >= 11 is 8.23. The third kappa shape index (κ3) is 2.13. The summed E-state index contributed by atoms with van der Waals surface area (Å²) in [7, 11) is 0. The topological polar surface area (TPSA) is 35.2 Å². The van der Waals surface area contributed by atoms with Gasteiger partial charge in [-0.25, -0.2) is 0 Å². The normalized spacial score (nSPS) is 23.3. The minimum Gasteiger partial charge on any atom is -0.487 e. The van der Waals surface area contributed by atoms with Gasteiger partial charge in [-0.05, 0) is 37.5 Å². The molecular weight excluding hydrogens is 266 g/mol. The molecule has 0 amide bonds. The molecule has 2 N–H and O–H groups in total. The van der Waals surface area contributed by atoms with E-state index >= 15 is 0 Å². The first kappa shape index (κ1) is 12.6. The highest BCUT2D eigenvalue weighted by molar-refractivity contribution is 8.00. The Kier molecular flexibility index (Phi) is 3.25. The quantitative estimate of drug-likeness (QED) is 0.922. The van der Waals surface area contributed by atoms with Crippen molar-refractivity contribution < 1.29 is 4.74 Å². The van der Waals surface area contributed by atoms with Crippen molar-refractivity contribution in [2.24, 2.45) is 5.73 Å². The Bertz CT molecular complexity index is 455. The van der Waals surface area contributed by atoms with Crippen LogP contribution in [0.25, 0.3) is 0 Å². The number of hydrogen-bond acceptors (Lipinski definition) is 3. The van der Waals surface area contributed by atoms with Gasteiger partial charge in [-0.15, -0.1) is 0 Å². The van der Waals surface area contributed by atoms with Crippen molar-refractivity contribution >= 4 is 23.4 Å². The third-order valence-electron chi connectivity index (χ3n) is 4.07. The fourth-order valence-corrected chi connectivity index (χ4v) is 3.30. The van der Waals surface area contributed by atoms with Crippen LogP contribution in [0.15, 0.2) is 18.2 Å². The molecule has 1 saturated carbocycles. The summed E-state index contributed by atoms with van der Waals surface area (Å²) < 4.78 is 5.85. The zero-order chi connectivity index (χ0) is 12.8. The van der Waals surface area contributed by atoms with Crippen LogP contribution in [-0.2, 0) is 5.41 Å². The predicted octanol–water partition coefficient (Wildman–Crippen LogP) is 3.21. The molecule has 2 aliphatic rings. The van der Waals surface area contributed by atoms with Crippen molar-refractivity contribution in [3.05, 3.63) is 28.8 Å². The highest BCUT2D eigenvalue weighted by Crippen LogP contribution is 2.51. The van der Waals surface area contributed by atoms with Gasteiger partial charge in [-0.1, -0.05) is 17.7 Å². The van der Waals surface area contributed by atoms with Crippen LogP contribution < -0.4 is 10.5 Å². The van der Waals surface area contributed by atoms with E-state index in [-0.39, 0.29) is 11.5 Å². The lowest BCUT2D eigenvalue weighted by Gasteiger charge is -2.27. The Morgan fingerprint density at radius 3 is 2.61 bits per heavy atom. The summed E-state index contributed by atoms with van der Waals surface area (Å²) in [4.78, 5) is 0. The molecule has 1 aliphatic heterocycles. The molecule has 1 aliphatic carbocycles. The van der Waals surface area contributed by atoms with Crippen LogP contribution in [0, 0.1) is 0 Å². The largest absolute Gasteiger partial charge is 0.487 e. The lowest BCUT2D eigenvalue weighted by atomic mass is 9.89. The summed E-state index contributed by atoms with van der Waals surface area (Å²) in [6.07, 6.45) is 2.67. The maximum Gasteiger partial charge on any atom is 0.138 e. The molecule has 3 rings (SSSR count). The summed E-state index contributed by atoms with van der Waals surface area (Å²) in [5, 5.41) is 0.719. The van der Waals surface area contributed by atoms with Crippen LogP contribution in [0.1, 0.15) is 25.3 Å². The first-order valence-electron chi connectivity index (χ1n) is 6.42. The van der Waals surface area contributed by atoms with E-state index in [1.807, 2.05) is 23.9 Å². The first-order chi connectivity index (χ1) is 8.62. The molecule has 2 fully saturated rings. The number of halogens is 1. The van der Waals surface area contributed by atoms with Gasteiger partial charge in [0.2, 0.25) is 0 Å². The first-order valence-corrected chi connectivity index (χ1v) is 7.95. The van der Waals surface area contributed by atoms with Crippen molar-refractivity contribution in [2.75, 3.05) is 11.5 Å². The van der Waals surface area contributed by atoms with Crippen LogP contribution in [0.3, 0.4) is 0 Å². The van der Waals surface area contributed by atoms with Crippen LogP contribution in [0.2, 0.25) is 5.02 Å². The van der Waals surface area contributed by atoms with Gasteiger partial charge in [0.05, 0.1) is 5.02 Å². The molecule has 0 spiro atoms. The molecular formula is C14H18ClNOS. The lowest BCUT2D eigenvalue weighted by Crippen LogP contribution is -2.32. The van der Waals surface area contributed by atoms with Crippen LogP contribution in [0.5, 0.6) is 5.75 Å². The van der Waals surface area contributed by atoms with E-state index in [1.54, 1.807) is 0 Å². The van der Waals surface area contributed by atoms with E-state index in [9.17, 15) is 0 Å². The molecule has 1 atom stereocenters. The Morgan fingerprint density at radius 2 is 2.17 bits per heavy atom. The fourth-order valence-electron chi connectivity index (χ4n) is 2.51. The van der Waals surface area contributed by atoms with Crippen molar-refractivity contribution in [2.45, 2.75) is 37.3 Å². The number of ether oxygens (including phenoxy) is 1. The van der Waals surface area contributed by atoms with Crippen molar-refractivity contribution in [3.63, 3.8) is 0 Å². The van der Waals surface area contributed by atoms with Crippen molar-refractivity contribution in [1.82, 2.24) is 0 Å². The number of nitrogens with two attached hydrogens (primary N) is 1. The molecule has 1 aromatic carbocycles. The molecule has 4 heteroatoms. The standard InChI is InChI=1S/C14H18ClNOS/c1-9(16)14(4-5-14)10-2-3-13(12(15)6-10)17-11-7-18-8-11/h2-3,6,9,11H,4-5,7-8,16H2,1H3.